The molecular formula is C7H14BFO3. The number of rotatable bonds is 3. The number of ether oxygens (including phenoxy) is 3. The lowest BCUT2D eigenvalue weighted by molar-refractivity contribution is 0.00253. The van der Waals surface area contributed by atoms with Gasteiger partial charge in [0.2, 0.25) is 0 Å². The molecule has 12 heavy (non-hydrogen) atoms. The van der Waals surface area contributed by atoms with Crippen LogP contribution in [-0.2, 0) is 14.2 Å². The Bertz CT molecular complexity index is 147. The summed E-state index contributed by atoms with van der Waals surface area (Å²) in [6.07, 6.45) is -2.01. The van der Waals surface area contributed by atoms with Crippen molar-refractivity contribution >= 4 is 7.85 Å². The molecule has 1 aliphatic rings. The van der Waals surface area contributed by atoms with Crippen LogP contribution in [0.5, 0.6) is 0 Å². The summed E-state index contributed by atoms with van der Waals surface area (Å²) in [4.78, 5) is 0. The van der Waals surface area contributed by atoms with Gasteiger partial charge in [-0.1, -0.05) is 0 Å². The topological polar surface area (TPSA) is 27.7 Å². The van der Waals surface area contributed by atoms with Crippen LogP contribution in [-0.4, -0.2) is 53.1 Å². The number of methoxy groups -OCH3 is 2. The van der Waals surface area contributed by atoms with E-state index in [1.165, 1.54) is 14.2 Å². The third-order valence-corrected chi connectivity index (χ3v) is 2.12. The van der Waals surface area contributed by atoms with Crippen LogP contribution in [0.3, 0.4) is 0 Å². The van der Waals surface area contributed by atoms with Crippen molar-refractivity contribution in [1.29, 1.82) is 0 Å². The summed E-state index contributed by atoms with van der Waals surface area (Å²) < 4.78 is 28.4. The maximum absolute atomic E-state index is 13.4. The average Bonchev–Trinajstić information content (AvgIpc) is 2.29. The van der Waals surface area contributed by atoms with Crippen molar-refractivity contribution in [3.8, 4) is 0 Å². The minimum Gasteiger partial charge on any atom is -0.382 e. The van der Waals surface area contributed by atoms with Crippen molar-refractivity contribution in [2.24, 2.45) is 0 Å². The number of halogens is 1. The summed E-state index contributed by atoms with van der Waals surface area (Å²) in [6, 6.07) is -0.190. The van der Waals surface area contributed by atoms with Crippen molar-refractivity contribution in [1.82, 2.24) is 0 Å². The zero-order valence-corrected chi connectivity index (χ0v) is 7.62. The molecule has 1 fully saturated rings. The van der Waals surface area contributed by atoms with E-state index >= 15 is 0 Å². The van der Waals surface area contributed by atoms with Gasteiger partial charge in [0.25, 0.3) is 0 Å². The van der Waals surface area contributed by atoms with Crippen LogP contribution in [0, 0.1) is 0 Å². The largest absolute Gasteiger partial charge is 0.382 e. The Morgan fingerprint density at radius 1 is 1.50 bits per heavy atom. The maximum atomic E-state index is 13.4. The molecule has 1 saturated heterocycles. The Balaban J connectivity index is 2.49. The van der Waals surface area contributed by atoms with Crippen LogP contribution in [0.4, 0.5) is 4.39 Å². The van der Waals surface area contributed by atoms with Crippen molar-refractivity contribution in [3.05, 3.63) is 0 Å². The minimum atomic E-state index is -1.08. The predicted molar refractivity (Wildman–Crippen MR) is 44.8 cm³/mol. The molecular weight excluding hydrogens is 162 g/mol. The lowest BCUT2D eigenvalue weighted by Gasteiger charge is -2.13. The van der Waals surface area contributed by atoms with Crippen LogP contribution >= 0.6 is 0 Å². The van der Waals surface area contributed by atoms with E-state index < -0.39 is 18.4 Å². The predicted octanol–water partition coefficient (Wildman–Crippen LogP) is -0.656. The zero-order chi connectivity index (χ0) is 9.14. The molecule has 70 valence electrons. The summed E-state index contributed by atoms with van der Waals surface area (Å²) in [7, 11) is 4.82. The Labute approximate surface area is 72.6 Å². The summed E-state index contributed by atoms with van der Waals surface area (Å²) in [5, 5.41) is 0. The van der Waals surface area contributed by atoms with Crippen molar-refractivity contribution in [3.63, 3.8) is 0 Å². The summed E-state index contributed by atoms with van der Waals surface area (Å²) >= 11 is 0. The number of alkyl halides is 1. The zero-order valence-electron chi connectivity index (χ0n) is 7.62. The van der Waals surface area contributed by atoms with E-state index in [1.807, 2.05) is 0 Å². The first-order valence-corrected chi connectivity index (χ1v) is 4.02. The summed E-state index contributed by atoms with van der Waals surface area (Å²) in [5.41, 5.74) is 0. The second-order valence-electron chi connectivity index (χ2n) is 2.98. The van der Waals surface area contributed by atoms with Crippen molar-refractivity contribution in [2.45, 2.75) is 24.4 Å². The minimum absolute atomic E-state index is 0.190. The van der Waals surface area contributed by atoms with Gasteiger partial charge in [0, 0.05) is 14.2 Å². The van der Waals surface area contributed by atoms with E-state index in [4.69, 9.17) is 14.2 Å². The molecule has 3 nitrogen and oxygen atoms in total. The van der Waals surface area contributed by atoms with Gasteiger partial charge in [-0.2, -0.15) is 0 Å². The Morgan fingerprint density at radius 2 is 2.17 bits per heavy atom. The molecule has 0 aromatic carbocycles. The van der Waals surface area contributed by atoms with Gasteiger partial charge in [0.05, 0.1) is 12.6 Å². The monoisotopic (exact) mass is 176 g/mol. The highest BCUT2D eigenvalue weighted by molar-refractivity contribution is 6.11. The van der Waals surface area contributed by atoms with Crippen LogP contribution in [0.25, 0.3) is 0 Å². The van der Waals surface area contributed by atoms with Gasteiger partial charge < -0.3 is 14.2 Å². The highest BCUT2D eigenvalue weighted by atomic mass is 19.1. The van der Waals surface area contributed by atoms with Gasteiger partial charge >= 0.3 is 0 Å². The van der Waals surface area contributed by atoms with Gasteiger partial charge in [-0.25, -0.2) is 4.39 Å². The smallest absolute Gasteiger partial charge is 0.156 e. The van der Waals surface area contributed by atoms with Crippen molar-refractivity contribution in [2.75, 3.05) is 20.8 Å². The Morgan fingerprint density at radius 3 is 2.58 bits per heavy atom. The second kappa shape index (κ2) is 4.21. The number of hydrogen-bond acceptors (Lipinski definition) is 3. The van der Waals surface area contributed by atoms with Crippen LogP contribution in [0.15, 0.2) is 0 Å². The first-order valence-electron chi connectivity index (χ1n) is 4.02. The quantitative estimate of drug-likeness (QED) is 0.534. The molecule has 1 unspecified atom stereocenters. The summed E-state index contributed by atoms with van der Waals surface area (Å²) in [6.45, 7) is 0.283. The SMILES string of the molecule is B[C@@H]1O[C@H](COC)C(F)[C@@H]1OC. The van der Waals surface area contributed by atoms with E-state index in [0.717, 1.165) is 0 Å². The van der Waals surface area contributed by atoms with E-state index in [2.05, 4.69) is 0 Å². The van der Waals surface area contributed by atoms with Gasteiger partial charge in [-0.3, -0.25) is 0 Å². The Kier molecular flexibility index (Phi) is 3.49. The standard InChI is InChI=1S/C7H14BFO3/c1-10-3-4-5(9)6(11-2)7(8)12-4/h4-7H,3,8H2,1-2H3/t4-,5?,6+,7-/m1/s1. The molecule has 0 spiro atoms. The molecule has 0 bridgehead atoms. The van der Waals surface area contributed by atoms with E-state index in [-0.39, 0.29) is 12.6 Å². The molecule has 5 heteroatoms. The number of hydrogen-bond donors (Lipinski definition) is 0. The summed E-state index contributed by atoms with van der Waals surface area (Å²) in [5.74, 6) is 0. The van der Waals surface area contributed by atoms with E-state index in [0.29, 0.717) is 0 Å². The van der Waals surface area contributed by atoms with Crippen LogP contribution < -0.4 is 0 Å². The van der Waals surface area contributed by atoms with Gasteiger partial charge in [0.15, 0.2) is 6.17 Å². The van der Waals surface area contributed by atoms with Gasteiger partial charge in [0.1, 0.15) is 20.1 Å². The molecule has 1 rings (SSSR count). The molecule has 0 radical (unpaired) electrons. The fourth-order valence-corrected chi connectivity index (χ4v) is 1.52. The molecule has 0 aromatic rings. The molecule has 0 aliphatic carbocycles. The fourth-order valence-electron chi connectivity index (χ4n) is 1.52. The first kappa shape index (κ1) is 9.96. The third-order valence-electron chi connectivity index (χ3n) is 2.12. The first-order chi connectivity index (χ1) is 5.70. The van der Waals surface area contributed by atoms with Gasteiger partial charge in [-0.15, -0.1) is 0 Å². The average molecular weight is 176 g/mol. The highest BCUT2D eigenvalue weighted by Gasteiger charge is 2.42. The van der Waals surface area contributed by atoms with Gasteiger partial charge in [-0.05, 0) is 0 Å². The molecule has 4 atom stereocenters. The fraction of sp³-hybridized carbons (Fsp3) is 1.00. The van der Waals surface area contributed by atoms with E-state index in [9.17, 15) is 4.39 Å². The molecule has 0 amide bonds. The highest BCUT2D eigenvalue weighted by Crippen LogP contribution is 2.24. The van der Waals surface area contributed by atoms with Crippen LogP contribution in [0.2, 0.25) is 0 Å². The molecule has 1 heterocycles. The molecule has 1 aliphatic heterocycles. The normalized spacial score (nSPS) is 41.9. The lowest BCUT2D eigenvalue weighted by Crippen LogP contribution is -2.32. The lowest BCUT2D eigenvalue weighted by atomic mass is 9.93. The second-order valence-corrected chi connectivity index (χ2v) is 2.98. The van der Waals surface area contributed by atoms with Crippen LogP contribution in [0.1, 0.15) is 0 Å². The molecule has 0 aromatic heterocycles. The third kappa shape index (κ3) is 1.78. The van der Waals surface area contributed by atoms with E-state index in [1.54, 1.807) is 7.85 Å². The molecule has 0 N–H and O–H groups in total. The maximum Gasteiger partial charge on any atom is 0.156 e. The Hall–Kier alpha value is -0.125. The van der Waals surface area contributed by atoms with Crippen molar-refractivity contribution < 1.29 is 18.6 Å². The molecule has 0 saturated carbocycles.